The zero-order chi connectivity index (χ0) is 21.8. The van der Waals surface area contributed by atoms with E-state index < -0.39 is 15.9 Å². The van der Waals surface area contributed by atoms with Crippen LogP contribution in [0, 0.1) is 0 Å². The molecule has 4 rings (SSSR count). The Bertz CT molecular complexity index is 1340. The molecule has 4 aromatic rings. The number of carbonyl (C=O) groups is 1. The highest BCUT2D eigenvalue weighted by molar-refractivity contribution is 9.10. The molecular weight excluding hydrogens is 476 g/mol. The van der Waals surface area contributed by atoms with Gasteiger partial charge in [-0.2, -0.15) is 0 Å². The van der Waals surface area contributed by atoms with E-state index in [0.29, 0.717) is 15.8 Å². The third kappa shape index (κ3) is 4.78. The van der Waals surface area contributed by atoms with Gasteiger partial charge in [-0.3, -0.25) is 9.10 Å². The van der Waals surface area contributed by atoms with Gasteiger partial charge in [-0.1, -0.05) is 70.5 Å². The number of hydrogen-bond donors (Lipinski definition) is 1. The van der Waals surface area contributed by atoms with Crippen LogP contribution in [0.25, 0.3) is 10.8 Å². The first-order valence-electron chi connectivity index (χ1n) is 9.55. The number of benzene rings is 4. The van der Waals surface area contributed by atoms with Gasteiger partial charge in [0.25, 0.3) is 10.0 Å². The molecule has 0 aliphatic rings. The minimum absolute atomic E-state index is 0.119. The second-order valence-electron chi connectivity index (χ2n) is 6.91. The summed E-state index contributed by atoms with van der Waals surface area (Å²) in [5.41, 5.74) is 1.00. The summed E-state index contributed by atoms with van der Waals surface area (Å²) < 4.78 is 28.5. The maximum Gasteiger partial charge on any atom is 0.264 e. The molecule has 4 aromatic carbocycles. The number of halogens is 1. The molecule has 0 spiro atoms. The van der Waals surface area contributed by atoms with Gasteiger partial charge in [-0.25, -0.2) is 8.42 Å². The van der Waals surface area contributed by atoms with Crippen LogP contribution in [0.4, 0.5) is 11.4 Å². The minimum atomic E-state index is -3.94. The molecule has 1 N–H and O–H groups in total. The lowest BCUT2D eigenvalue weighted by Gasteiger charge is -2.24. The van der Waals surface area contributed by atoms with Gasteiger partial charge in [0, 0.05) is 10.2 Å². The monoisotopic (exact) mass is 494 g/mol. The van der Waals surface area contributed by atoms with Crippen LogP contribution in [-0.2, 0) is 14.8 Å². The molecular formula is C24H19BrN2O3S. The number of anilines is 2. The van der Waals surface area contributed by atoms with Crippen molar-refractivity contribution in [3.05, 3.63) is 102 Å². The van der Waals surface area contributed by atoms with E-state index in [4.69, 9.17) is 0 Å². The van der Waals surface area contributed by atoms with Crippen molar-refractivity contribution in [2.24, 2.45) is 0 Å². The number of rotatable bonds is 6. The summed E-state index contributed by atoms with van der Waals surface area (Å²) in [6, 6.07) is 28.3. The Labute approximate surface area is 189 Å². The summed E-state index contributed by atoms with van der Waals surface area (Å²) in [6.45, 7) is -0.361. The number of nitrogens with one attached hydrogen (secondary N) is 1. The molecule has 0 aliphatic carbocycles. The van der Waals surface area contributed by atoms with Crippen molar-refractivity contribution < 1.29 is 13.2 Å². The second-order valence-corrected chi connectivity index (χ2v) is 9.69. The van der Waals surface area contributed by atoms with Crippen LogP contribution in [0.5, 0.6) is 0 Å². The van der Waals surface area contributed by atoms with Gasteiger partial charge in [0.2, 0.25) is 5.91 Å². The molecule has 7 heteroatoms. The first-order valence-corrected chi connectivity index (χ1v) is 11.8. The van der Waals surface area contributed by atoms with Gasteiger partial charge in [0.05, 0.1) is 10.6 Å². The van der Waals surface area contributed by atoms with Crippen molar-refractivity contribution in [3.63, 3.8) is 0 Å². The zero-order valence-electron chi connectivity index (χ0n) is 16.4. The van der Waals surface area contributed by atoms with Gasteiger partial charge in [0.1, 0.15) is 6.54 Å². The predicted octanol–water partition coefficient (Wildman–Crippen LogP) is 5.44. The SMILES string of the molecule is O=C(CN(c1cccc(Br)c1)S(=O)(=O)c1ccccc1)Nc1ccc2ccccc2c1. The maximum atomic E-state index is 13.3. The van der Waals surface area contributed by atoms with Crippen LogP contribution in [0.15, 0.2) is 106 Å². The number of amides is 1. The van der Waals surface area contributed by atoms with Crippen molar-refractivity contribution in [1.29, 1.82) is 0 Å². The molecule has 0 fully saturated rings. The number of fused-ring (bicyclic) bond motifs is 1. The average molecular weight is 495 g/mol. The molecule has 0 unspecified atom stereocenters. The second kappa shape index (κ2) is 8.91. The lowest BCUT2D eigenvalue weighted by atomic mass is 10.1. The highest BCUT2D eigenvalue weighted by atomic mass is 79.9. The van der Waals surface area contributed by atoms with E-state index in [2.05, 4.69) is 21.2 Å². The quantitative estimate of drug-likeness (QED) is 0.388. The van der Waals surface area contributed by atoms with E-state index in [0.717, 1.165) is 15.1 Å². The summed E-state index contributed by atoms with van der Waals surface area (Å²) in [5.74, 6) is -0.435. The van der Waals surface area contributed by atoms with Crippen LogP contribution >= 0.6 is 15.9 Å². The molecule has 156 valence electrons. The van der Waals surface area contributed by atoms with Crippen molar-refractivity contribution in [2.45, 2.75) is 4.90 Å². The Kier molecular flexibility index (Phi) is 6.06. The van der Waals surface area contributed by atoms with E-state index >= 15 is 0 Å². The molecule has 0 aromatic heterocycles. The average Bonchev–Trinajstić information content (AvgIpc) is 2.78. The number of sulfonamides is 1. The third-order valence-electron chi connectivity index (χ3n) is 4.75. The van der Waals surface area contributed by atoms with Gasteiger partial charge in [-0.15, -0.1) is 0 Å². The Balaban J connectivity index is 1.64. The first kappa shape index (κ1) is 21.1. The minimum Gasteiger partial charge on any atom is -0.324 e. The molecule has 0 aliphatic heterocycles. The standard InChI is InChI=1S/C24H19BrN2O3S/c25-20-9-6-10-22(16-20)27(31(29,30)23-11-2-1-3-12-23)17-24(28)26-21-14-13-18-7-4-5-8-19(18)15-21/h1-16H,17H2,(H,26,28). The maximum absolute atomic E-state index is 13.3. The fraction of sp³-hybridized carbons (Fsp3) is 0.0417. The van der Waals surface area contributed by atoms with E-state index in [9.17, 15) is 13.2 Å². The fourth-order valence-corrected chi connectivity index (χ4v) is 5.09. The topological polar surface area (TPSA) is 66.5 Å². The summed E-state index contributed by atoms with van der Waals surface area (Å²) in [6.07, 6.45) is 0. The summed E-state index contributed by atoms with van der Waals surface area (Å²) in [5, 5.41) is 4.86. The van der Waals surface area contributed by atoms with E-state index in [1.807, 2.05) is 36.4 Å². The molecule has 0 bridgehead atoms. The molecule has 0 saturated carbocycles. The fourth-order valence-electron chi connectivity index (χ4n) is 3.26. The van der Waals surface area contributed by atoms with Crippen molar-refractivity contribution >= 4 is 54.0 Å². The smallest absolute Gasteiger partial charge is 0.264 e. The lowest BCUT2D eigenvalue weighted by molar-refractivity contribution is -0.114. The number of hydrogen-bond acceptors (Lipinski definition) is 3. The Morgan fingerprint density at radius 1 is 0.806 bits per heavy atom. The number of carbonyl (C=O) groups excluding carboxylic acids is 1. The number of nitrogens with zero attached hydrogens (tertiary/aromatic N) is 1. The van der Waals surface area contributed by atoms with Gasteiger partial charge in [0.15, 0.2) is 0 Å². The van der Waals surface area contributed by atoms with Crippen LogP contribution in [0.3, 0.4) is 0 Å². The molecule has 0 atom stereocenters. The first-order chi connectivity index (χ1) is 14.9. The molecule has 0 saturated heterocycles. The van der Waals surface area contributed by atoms with Gasteiger partial charge in [-0.05, 0) is 53.2 Å². The third-order valence-corrected chi connectivity index (χ3v) is 7.03. The van der Waals surface area contributed by atoms with Crippen LogP contribution < -0.4 is 9.62 Å². The molecule has 0 radical (unpaired) electrons. The van der Waals surface area contributed by atoms with Crippen molar-refractivity contribution in [2.75, 3.05) is 16.2 Å². The summed E-state index contributed by atoms with van der Waals surface area (Å²) in [4.78, 5) is 13.0. The highest BCUT2D eigenvalue weighted by Crippen LogP contribution is 2.26. The molecule has 0 heterocycles. The normalized spacial score (nSPS) is 11.3. The van der Waals surface area contributed by atoms with Gasteiger partial charge >= 0.3 is 0 Å². The highest BCUT2D eigenvalue weighted by Gasteiger charge is 2.27. The Morgan fingerprint density at radius 2 is 1.52 bits per heavy atom. The van der Waals surface area contributed by atoms with E-state index in [1.54, 1.807) is 48.5 Å². The van der Waals surface area contributed by atoms with E-state index in [1.165, 1.54) is 12.1 Å². The molecule has 5 nitrogen and oxygen atoms in total. The van der Waals surface area contributed by atoms with Crippen molar-refractivity contribution in [1.82, 2.24) is 0 Å². The summed E-state index contributed by atoms with van der Waals surface area (Å²) >= 11 is 3.37. The lowest BCUT2D eigenvalue weighted by Crippen LogP contribution is -2.38. The summed E-state index contributed by atoms with van der Waals surface area (Å²) in [7, 11) is -3.94. The van der Waals surface area contributed by atoms with Gasteiger partial charge < -0.3 is 5.32 Å². The largest absolute Gasteiger partial charge is 0.324 e. The molecule has 1 amide bonds. The van der Waals surface area contributed by atoms with Crippen LogP contribution in [0.1, 0.15) is 0 Å². The van der Waals surface area contributed by atoms with Crippen molar-refractivity contribution in [3.8, 4) is 0 Å². The Hall–Kier alpha value is -3.16. The van der Waals surface area contributed by atoms with Crippen LogP contribution in [-0.4, -0.2) is 20.9 Å². The Morgan fingerprint density at radius 3 is 2.26 bits per heavy atom. The zero-order valence-corrected chi connectivity index (χ0v) is 18.8. The predicted molar refractivity (Wildman–Crippen MR) is 128 cm³/mol. The van der Waals surface area contributed by atoms with E-state index in [-0.39, 0.29) is 11.4 Å². The van der Waals surface area contributed by atoms with Crippen LogP contribution in [0.2, 0.25) is 0 Å². The molecule has 31 heavy (non-hydrogen) atoms.